The van der Waals surface area contributed by atoms with Gasteiger partial charge in [-0.1, -0.05) is 15.9 Å². The quantitative estimate of drug-likeness (QED) is 0.689. The monoisotopic (exact) mass is 384 g/mol. The zero-order valence-corrected chi connectivity index (χ0v) is 13.8. The maximum absolute atomic E-state index is 11.8. The highest BCUT2D eigenvalue weighted by atomic mass is 79.9. The normalized spacial score (nSPS) is 20.0. The van der Waals surface area contributed by atoms with Crippen LogP contribution in [0, 0.1) is 0 Å². The summed E-state index contributed by atoms with van der Waals surface area (Å²) >= 11 is 3.31. The largest absolute Gasteiger partial charge is 0.479 e. The van der Waals surface area contributed by atoms with Crippen LogP contribution in [0.2, 0.25) is 0 Å². The van der Waals surface area contributed by atoms with Crippen molar-refractivity contribution < 1.29 is 24.2 Å². The third-order valence-electron chi connectivity index (χ3n) is 3.37. The number of ether oxygens (including phenoxy) is 1. The topological polar surface area (TPSA) is 105 Å². The van der Waals surface area contributed by atoms with Crippen LogP contribution in [0.25, 0.3) is 0 Å². The van der Waals surface area contributed by atoms with Crippen LogP contribution in [0.4, 0.5) is 5.69 Å². The Morgan fingerprint density at radius 2 is 1.83 bits per heavy atom. The Morgan fingerprint density at radius 1 is 1.17 bits per heavy atom. The molecule has 3 N–H and O–H groups in total. The predicted molar refractivity (Wildman–Crippen MR) is 85.9 cm³/mol. The first-order valence-electron chi connectivity index (χ1n) is 7.17. The maximum atomic E-state index is 11.8. The number of aliphatic carboxylic acids is 1. The lowest BCUT2D eigenvalue weighted by atomic mass is 10.2. The van der Waals surface area contributed by atoms with Gasteiger partial charge in [0.05, 0.1) is 0 Å². The Balaban J connectivity index is 1.68. The molecular formula is C15H17BrN2O5. The fourth-order valence-electron chi connectivity index (χ4n) is 2.18. The molecular weight excluding hydrogens is 368 g/mol. The van der Waals surface area contributed by atoms with Crippen molar-refractivity contribution in [2.75, 3.05) is 11.9 Å². The standard InChI is InChI=1S/C15H17BrN2O5/c16-9-1-3-10(4-2-9)18-13(19)7-8-17-14(20)11-5-6-12(23-11)15(21)22/h1-4,11-12H,5-8H2,(H,17,20)(H,18,19)(H,21,22)/t11-,12+/m0/s1. The van der Waals surface area contributed by atoms with Crippen molar-refractivity contribution in [3.05, 3.63) is 28.7 Å². The van der Waals surface area contributed by atoms with Gasteiger partial charge in [-0.05, 0) is 37.1 Å². The number of nitrogens with one attached hydrogen (secondary N) is 2. The molecule has 23 heavy (non-hydrogen) atoms. The molecule has 124 valence electrons. The zero-order valence-electron chi connectivity index (χ0n) is 12.3. The first-order chi connectivity index (χ1) is 11.0. The molecule has 0 saturated carbocycles. The summed E-state index contributed by atoms with van der Waals surface area (Å²) in [6.45, 7) is 0.165. The van der Waals surface area contributed by atoms with Gasteiger partial charge in [-0.25, -0.2) is 4.79 Å². The molecule has 0 aromatic heterocycles. The van der Waals surface area contributed by atoms with Crippen LogP contribution in [0.3, 0.4) is 0 Å². The molecule has 2 amide bonds. The number of anilines is 1. The zero-order chi connectivity index (χ0) is 16.8. The summed E-state index contributed by atoms with van der Waals surface area (Å²) in [5.74, 6) is -1.66. The lowest BCUT2D eigenvalue weighted by Crippen LogP contribution is -2.37. The molecule has 1 saturated heterocycles. The van der Waals surface area contributed by atoms with Gasteiger partial charge in [0.15, 0.2) is 6.10 Å². The van der Waals surface area contributed by atoms with Crippen LogP contribution in [0.1, 0.15) is 19.3 Å². The van der Waals surface area contributed by atoms with E-state index in [1.165, 1.54) is 0 Å². The molecule has 1 aliphatic heterocycles. The number of hydrogen-bond acceptors (Lipinski definition) is 4. The number of hydrogen-bond donors (Lipinski definition) is 3. The third-order valence-corrected chi connectivity index (χ3v) is 3.90. The van der Waals surface area contributed by atoms with E-state index < -0.39 is 18.2 Å². The SMILES string of the molecule is O=C(CCNC(=O)[C@@H]1CC[C@H](C(=O)O)O1)Nc1ccc(Br)cc1. The van der Waals surface area contributed by atoms with Crippen LogP contribution < -0.4 is 10.6 Å². The van der Waals surface area contributed by atoms with E-state index in [1.54, 1.807) is 12.1 Å². The average Bonchev–Trinajstić information content (AvgIpc) is 3.00. The second-order valence-corrected chi connectivity index (χ2v) is 6.04. The average molecular weight is 385 g/mol. The number of halogens is 1. The molecule has 1 fully saturated rings. The number of carboxylic acid groups (broad SMARTS) is 1. The van der Waals surface area contributed by atoms with Crippen molar-refractivity contribution >= 4 is 39.4 Å². The molecule has 1 aromatic carbocycles. The van der Waals surface area contributed by atoms with Gasteiger partial charge in [-0.2, -0.15) is 0 Å². The van der Waals surface area contributed by atoms with E-state index in [9.17, 15) is 14.4 Å². The Hall–Kier alpha value is -1.93. The summed E-state index contributed by atoms with van der Waals surface area (Å²) < 4.78 is 6.05. The summed E-state index contributed by atoms with van der Waals surface area (Å²) in [6.07, 6.45) is -0.875. The summed E-state index contributed by atoms with van der Waals surface area (Å²) in [4.78, 5) is 34.3. The molecule has 0 aliphatic carbocycles. The van der Waals surface area contributed by atoms with E-state index in [0.29, 0.717) is 18.5 Å². The second-order valence-electron chi connectivity index (χ2n) is 5.13. The van der Waals surface area contributed by atoms with Gasteiger partial charge in [-0.15, -0.1) is 0 Å². The highest BCUT2D eigenvalue weighted by Crippen LogP contribution is 2.20. The number of amides is 2. The van der Waals surface area contributed by atoms with Crippen molar-refractivity contribution in [1.29, 1.82) is 0 Å². The highest BCUT2D eigenvalue weighted by Gasteiger charge is 2.34. The Kier molecular flexibility index (Phi) is 6.12. The molecule has 0 unspecified atom stereocenters. The Labute approximate surface area is 141 Å². The lowest BCUT2D eigenvalue weighted by molar-refractivity contribution is -0.151. The number of benzene rings is 1. The van der Waals surface area contributed by atoms with Gasteiger partial charge in [0.2, 0.25) is 11.8 Å². The summed E-state index contributed by atoms with van der Waals surface area (Å²) in [5.41, 5.74) is 0.674. The minimum Gasteiger partial charge on any atom is -0.479 e. The van der Waals surface area contributed by atoms with Gasteiger partial charge >= 0.3 is 5.97 Å². The van der Waals surface area contributed by atoms with Crippen molar-refractivity contribution in [2.24, 2.45) is 0 Å². The fourth-order valence-corrected chi connectivity index (χ4v) is 2.45. The van der Waals surface area contributed by atoms with Crippen molar-refractivity contribution in [3.63, 3.8) is 0 Å². The molecule has 0 bridgehead atoms. The number of rotatable bonds is 6. The van der Waals surface area contributed by atoms with Crippen molar-refractivity contribution in [1.82, 2.24) is 5.32 Å². The Bertz CT molecular complexity index is 590. The van der Waals surface area contributed by atoms with Gasteiger partial charge in [-0.3, -0.25) is 9.59 Å². The number of carboxylic acids is 1. The summed E-state index contributed by atoms with van der Waals surface area (Å²) in [5, 5.41) is 14.1. The second kappa shape index (κ2) is 8.07. The number of carbonyl (C=O) groups is 3. The molecule has 1 heterocycles. The molecule has 0 spiro atoms. The van der Waals surface area contributed by atoms with Gasteiger partial charge in [0.25, 0.3) is 0 Å². The third kappa shape index (κ3) is 5.33. The van der Waals surface area contributed by atoms with E-state index in [-0.39, 0.29) is 24.8 Å². The van der Waals surface area contributed by atoms with Gasteiger partial charge in [0.1, 0.15) is 6.10 Å². The van der Waals surface area contributed by atoms with E-state index in [4.69, 9.17) is 9.84 Å². The molecule has 8 heteroatoms. The highest BCUT2D eigenvalue weighted by molar-refractivity contribution is 9.10. The Morgan fingerprint density at radius 3 is 2.43 bits per heavy atom. The smallest absolute Gasteiger partial charge is 0.332 e. The van der Waals surface area contributed by atoms with Crippen LogP contribution >= 0.6 is 15.9 Å². The van der Waals surface area contributed by atoms with E-state index >= 15 is 0 Å². The number of carbonyl (C=O) groups excluding carboxylic acids is 2. The van der Waals surface area contributed by atoms with Gasteiger partial charge < -0.3 is 20.5 Å². The minimum absolute atomic E-state index is 0.122. The molecule has 1 aliphatic rings. The molecule has 0 radical (unpaired) electrons. The maximum Gasteiger partial charge on any atom is 0.332 e. The minimum atomic E-state index is -1.06. The first-order valence-corrected chi connectivity index (χ1v) is 7.96. The van der Waals surface area contributed by atoms with Crippen molar-refractivity contribution in [2.45, 2.75) is 31.5 Å². The van der Waals surface area contributed by atoms with Crippen LogP contribution in [0.5, 0.6) is 0 Å². The van der Waals surface area contributed by atoms with Gasteiger partial charge in [0, 0.05) is 23.1 Å². The van der Waals surface area contributed by atoms with Crippen LogP contribution in [-0.4, -0.2) is 41.6 Å². The molecule has 7 nitrogen and oxygen atoms in total. The lowest BCUT2D eigenvalue weighted by Gasteiger charge is -2.11. The van der Waals surface area contributed by atoms with Crippen LogP contribution in [0.15, 0.2) is 28.7 Å². The predicted octanol–water partition coefficient (Wildman–Crippen LogP) is 1.53. The van der Waals surface area contributed by atoms with E-state index in [1.807, 2.05) is 12.1 Å². The summed E-state index contributed by atoms with van der Waals surface area (Å²) in [7, 11) is 0. The molecule has 2 rings (SSSR count). The van der Waals surface area contributed by atoms with Crippen LogP contribution in [-0.2, 0) is 19.1 Å². The molecule has 2 atom stereocenters. The molecule has 1 aromatic rings. The van der Waals surface area contributed by atoms with Crippen molar-refractivity contribution in [3.8, 4) is 0 Å². The summed E-state index contributed by atoms with van der Waals surface area (Å²) in [6, 6.07) is 7.15. The first kappa shape index (κ1) is 17.4. The van der Waals surface area contributed by atoms with E-state index in [2.05, 4.69) is 26.6 Å². The fraction of sp³-hybridized carbons (Fsp3) is 0.400. The van der Waals surface area contributed by atoms with E-state index in [0.717, 1.165) is 4.47 Å².